The molecular formula is C4H6N2Na2O2. The predicted octanol–water partition coefficient (Wildman–Crippen LogP) is -2.53. The molecule has 2 radical (unpaired) electrons. The molecule has 1 saturated heterocycles. The van der Waals surface area contributed by atoms with Gasteiger partial charge in [0.25, 0.3) is 0 Å². The maximum Gasteiger partial charge on any atom is 0.240 e. The van der Waals surface area contributed by atoms with Crippen molar-refractivity contribution < 1.29 is 9.59 Å². The van der Waals surface area contributed by atoms with Gasteiger partial charge in [0.15, 0.2) is 0 Å². The quantitative estimate of drug-likeness (QED) is 0.303. The minimum Gasteiger partial charge on any atom is -0.300 e. The summed E-state index contributed by atoms with van der Waals surface area (Å²) >= 11 is 0. The maximum absolute atomic E-state index is 10.3. The first-order valence-corrected chi connectivity index (χ1v) is 2.32. The Morgan fingerprint density at radius 3 is 1.60 bits per heavy atom. The molecule has 10 heavy (non-hydrogen) atoms. The van der Waals surface area contributed by atoms with Crippen molar-refractivity contribution >= 4 is 70.9 Å². The normalized spacial score (nSPS) is 16.4. The Bertz CT molecular complexity index is 125. The fraction of sp³-hybridized carbons (Fsp3) is 0.500. The second-order valence-corrected chi connectivity index (χ2v) is 1.57. The van der Waals surface area contributed by atoms with Crippen LogP contribution in [0.1, 0.15) is 0 Å². The number of piperazine rings is 1. The molecule has 1 aliphatic heterocycles. The van der Waals surface area contributed by atoms with E-state index in [4.69, 9.17) is 0 Å². The number of nitrogens with one attached hydrogen (secondary N) is 2. The van der Waals surface area contributed by atoms with E-state index >= 15 is 0 Å². The molecule has 0 saturated carbocycles. The van der Waals surface area contributed by atoms with E-state index in [1.807, 2.05) is 0 Å². The van der Waals surface area contributed by atoms with Crippen molar-refractivity contribution in [2.24, 2.45) is 0 Å². The molecule has 2 amide bonds. The number of rotatable bonds is 0. The molecule has 0 atom stereocenters. The van der Waals surface area contributed by atoms with Gasteiger partial charge in [0.2, 0.25) is 11.8 Å². The zero-order valence-corrected chi connectivity index (χ0v) is 10.2. The first-order valence-electron chi connectivity index (χ1n) is 2.32. The van der Waals surface area contributed by atoms with E-state index in [0.717, 1.165) is 0 Å². The van der Waals surface area contributed by atoms with E-state index < -0.39 is 0 Å². The third-order valence-corrected chi connectivity index (χ3v) is 0.850. The number of hydrogen-bond acceptors (Lipinski definition) is 3. The minimum absolute atomic E-state index is 0. The van der Waals surface area contributed by atoms with E-state index in [-0.39, 0.29) is 84.0 Å². The number of carbonyl (C=O) groups is 2. The van der Waals surface area contributed by atoms with Crippen molar-refractivity contribution in [2.75, 3.05) is 13.1 Å². The van der Waals surface area contributed by atoms with Crippen molar-refractivity contribution in [1.29, 1.82) is 0 Å². The molecule has 0 spiro atoms. The van der Waals surface area contributed by atoms with Crippen LogP contribution in [-0.2, 0) is 9.59 Å². The molecule has 1 heterocycles. The molecule has 1 aliphatic rings. The summed E-state index contributed by atoms with van der Waals surface area (Å²) in [6.07, 6.45) is 0. The molecule has 0 aromatic carbocycles. The zero-order valence-electron chi connectivity index (χ0n) is 6.23. The molecular weight excluding hydrogens is 154 g/mol. The Labute approximate surface area is 103 Å². The largest absolute Gasteiger partial charge is 0.300 e. The van der Waals surface area contributed by atoms with E-state index in [9.17, 15) is 9.59 Å². The summed E-state index contributed by atoms with van der Waals surface area (Å²) in [5, 5.41) is 4.76. The average molecular weight is 160 g/mol. The molecule has 0 aliphatic carbocycles. The molecule has 1 fully saturated rings. The number of carbonyl (C=O) groups excluding carboxylic acids is 2. The number of hydrogen-bond donors (Lipinski definition) is 2. The van der Waals surface area contributed by atoms with Crippen LogP contribution in [0.3, 0.4) is 0 Å². The van der Waals surface area contributed by atoms with Gasteiger partial charge in [-0.25, -0.2) is 0 Å². The fourth-order valence-electron chi connectivity index (χ4n) is 0.533. The molecule has 6 heteroatoms. The summed E-state index contributed by atoms with van der Waals surface area (Å²) < 4.78 is 0. The standard InChI is InChI=1S/C4H6N2O2.2Na/c7-3-1-5-2-4(8)6-3;;/h5H,1-2H2,(H,6,7,8);;. The summed E-state index contributed by atoms with van der Waals surface area (Å²) in [7, 11) is 0. The van der Waals surface area contributed by atoms with Gasteiger partial charge in [-0.3, -0.25) is 20.2 Å². The topological polar surface area (TPSA) is 58.2 Å². The van der Waals surface area contributed by atoms with Crippen molar-refractivity contribution in [2.45, 2.75) is 0 Å². The maximum atomic E-state index is 10.3. The van der Waals surface area contributed by atoms with Crippen molar-refractivity contribution in [3.05, 3.63) is 0 Å². The second kappa shape index (κ2) is 6.79. The smallest absolute Gasteiger partial charge is 0.240 e. The van der Waals surface area contributed by atoms with Gasteiger partial charge < -0.3 is 0 Å². The van der Waals surface area contributed by atoms with Crippen LogP contribution in [0.4, 0.5) is 0 Å². The Kier molecular flexibility index (Phi) is 9.28. The van der Waals surface area contributed by atoms with Crippen LogP contribution in [0, 0.1) is 0 Å². The monoisotopic (exact) mass is 160 g/mol. The van der Waals surface area contributed by atoms with E-state index in [2.05, 4.69) is 10.6 Å². The van der Waals surface area contributed by atoms with Crippen LogP contribution in [0.2, 0.25) is 0 Å². The van der Waals surface area contributed by atoms with E-state index in [1.54, 1.807) is 0 Å². The summed E-state index contributed by atoms with van der Waals surface area (Å²) in [6, 6.07) is 0. The second-order valence-electron chi connectivity index (χ2n) is 1.57. The summed E-state index contributed by atoms with van der Waals surface area (Å²) in [6.45, 7) is 0.511. The zero-order chi connectivity index (χ0) is 5.98. The van der Waals surface area contributed by atoms with Gasteiger partial charge >= 0.3 is 0 Å². The summed E-state index contributed by atoms with van der Waals surface area (Å²) in [5.41, 5.74) is 0. The van der Waals surface area contributed by atoms with Crippen LogP contribution in [-0.4, -0.2) is 84.0 Å². The molecule has 0 bridgehead atoms. The fourth-order valence-corrected chi connectivity index (χ4v) is 0.533. The Morgan fingerprint density at radius 1 is 1.00 bits per heavy atom. The number of amides is 2. The minimum atomic E-state index is -0.249. The first-order chi connectivity index (χ1) is 3.79. The van der Waals surface area contributed by atoms with Crippen molar-refractivity contribution in [3.8, 4) is 0 Å². The van der Waals surface area contributed by atoms with Crippen LogP contribution < -0.4 is 10.6 Å². The predicted molar refractivity (Wildman–Crippen MR) is 37.5 cm³/mol. The van der Waals surface area contributed by atoms with Crippen molar-refractivity contribution in [3.63, 3.8) is 0 Å². The number of imide groups is 1. The van der Waals surface area contributed by atoms with Crippen LogP contribution in [0.15, 0.2) is 0 Å². The van der Waals surface area contributed by atoms with Crippen molar-refractivity contribution in [1.82, 2.24) is 10.6 Å². The Hall–Kier alpha value is 1.10. The molecule has 0 aromatic heterocycles. The molecule has 0 unspecified atom stereocenters. The molecule has 1 rings (SSSR count). The van der Waals surface area contributed by atoms with Gasteiger partial charge in [-0.2, -0.15) is 0 Å². The van der Waals surface area contributed by atoms with Gasteiger partial charge in [-0.15, -0.1) is 0 Å². The molecule has 2 N–H and O–H groups in total. The van der Waals surface area contributed by atoms with Crippen LogP contribution in [0.25, 0.3) is 0 Å². The van der Waals surface area contributed by atoms with Gasteiger partial charge in [0.1, 0.15) is 0 Å². The third kappa shape index (κ3) is 4.85. The van der Waals surface area contributed by atoms with Gasteiger partial charge in [0, 0.05) is 59.1 Å². The first kappa shape index (κ1) is 13.7. The third-order valence-electron chi connectivity index (χ3n) is 0.850. The van der Waals surface area contributed by atoms with E-state index in [1.165, 1.54) is 0 Å². The van der Waals surface area contributed by atoms with Crippen LogP contribution >= 0.6 is 0 Å². The van der Waals surface area contributed by atoms with Gasteiger partial charge in [-0.05, 0) is 0 Å². The van der Waals surface area contributed by atoms with Crippen LogP contribution in [0.5, 0.6) is 0 Å². The van der Waals surface area contributed by atoms with Gasteiger partial charge in [0.05, 0.1) is 13.1 Å². The summed E-state index contributed by atoms with van der Waals surface area (Å²) in [5.74, 6) is -0.498. The van der Waals surface area contributed by atoms with E-state index in [0.29, 0.717) is 0 Å². The van der Waals surface area contributed by atoms with Gasteiger partial charge in [-0.1, -0.05) is 0 Å². The SMILES string of the molecule is O=C1CNCC(=O)N1.[Na].[Na]. The average Bonchev–Trinajstić information content (AvgIpc) is 1.64. The Balaban J connectivity index is 0. The molecule has 4 nitrogen and oxygen atoms in total. The molecule has 46 valence electrons. The summed E-state index contributed by atoms with van der Waals surface area (Å²) in [4.78, 5) is 20.6. The molecule has 0 aromatic rings. The Morgan fingerprint density at radius 2 is 1.40 bits per heavy atom.